The highest BCUT2D eigenvalue weighted by Gasteiger charge is 2.31. The molecule has 0 aliphatic carbocycles. The number of hydrogen-bond donors (Lipinski definition) is 0. The Morgan fingerprint density at radius 2 is 1.91 bits per heavy atom. The molecule has 2 aromatic rings. The predicted molar refractivity (Wildman–Crippen MR) is 86.1 cm³/mol. The molecule has 0 spiro atoms. The second-order valence-corrected chi connectivity index (χ2v) is 6.32. The SMILES string of the molecule is CC(C)(C)OC(=O)C1COC(c2cccc3ccccc23)=N1. The van der Waals surface area contributed by atoms with Crippen LogP contribution < -0.4 is 0 Å². The van der Waals surface area contributed by atoms with E-state index in [-0.39, 0.29) is 12.6 Å². The van der Waals surface area contributed by atoms with Gasteiger partial charge in [0.25, 0.3) is 0 Å². The van der Waals surface area contributed by atoms with Crippen LogP contribution in [0.25, 0.3) is 10.8 Å². The Kier molecular flexibility index (Phi) is 3.61. The second-order valence-electron chi connectivity index (χ2n) is 6.32. The van der Waals surface area contributed by atoms with E-state index in [9.17, 15) is 4.79 Å². The minimum Gasteiger partial charge on any atom is -0.475 e. The number of fused-ring (bicyclic) bond motifs is 1. The first-order valence-electron chi connectivity index (χ1n) is 7.36. The van der Waals surface area contributed by atoms with Crippen LogP contribution in [-0.2, 0) is 14.3 Å². The molecule has 0 fully saturated rings. The summed E-state index contributed by atoms with van der Waals surface area (Å²) in [5.41, 5.74) is 0.388. The average Bonchev–Trinajstić information content (AvgIpc) is 2.94. The number of carbonyl (C=O) groups is 1. The third-order valence-electron chi connectivity index (χ3n) is 3.35. The van der Waals surface area contributed by atoms with Crippen molar-refractivity contribution in [1.82, 2.24) is 0 Å². The van der Waals surface area contributed by atoms with E-state index in [2.05, 4.69) is 4.99 Å². The van der Waals surface area contributed by atoms with Gasteiger partial charge >= 0.3 is 5.97 Å². The van der Waals surface area contributed by atoms with Gasteiger partial charge in [0.2, 0.25) is 5.90 Å². The van der Waals surface area contributed by atoms with Crippen molar-refractivity contribution in [3.8, 4) is 0 Å². The van der Waals surface area contributed by atoms with Gasteiger partial charge in [-0.05, 0) is 37.6 Å². The van der Waals surface area contributed by atoms with Gasteiger partial charge < -0.3 is 9.47 Å². The summed E-state index contributed by atoms with van der Waals surface area (Å²) in [5.74, 6) is 0.162. The van der Waals surface area contributed by atoms with Gasteiger partial charge in [-0.25, -0.2) is 9.79 Å². The highest BCUT2D eigenvalue weighted by Crippen LogP contribution is 2.23. The molecule has 0 N–H and O–H groups in total. The third-order valence-corrected chi connectivity index (χ3v) is 3.35. The van der Waals surface area contributed by atoms with E-state index in [1.807, 2.05) is 63.2 Å². The van der Waals surface area contributed by atoms with Crippen molar-refractivity contribution in [2.75, 3.05) is 6.61 Å². The lowest BCUT2D eigenvalue weighted by Crippen LogP contribution is -2.31. The Balaban J connectivity index is 1.89. The molecular formula is C18H19NO3. The Morgan fingerprint density at radius 1 is 1.18 bits per heavy atom. The summed E-state index contributed by atoms with van der Waals surface area (Å²) in [6, 6.07) is 13.4. The van der Waals surface area contributed by atoms with Crippen LogP contribution in [-0.4, -0.2) is 30.1 Å². The second kappa shape index (κ2) is 5.44. The summed E-state index contributed by atoms with van der Waals surface area (Å²) in [6.07, 6.45) is 0. The van der Waals surface area contributed by atoms with Gasteiger partial charge in [-0.1, -0.05) is 36.4 Å². The Hall–Kier alpha value is -2.36. The van der Waals surface area contributed by atoms with Crippen LogP contribution in [0.5, 0.6) is 0 Å². The first-order valence-corrected chi connectivity index (χ1v) is 7.36. The lowest BCUT2D eigenvalue weighted by Gasteiger charge is -2.20. The maximum Gasteiger partial charge on any atom is 0.335 e. The van der Waals surface area contributed by atoms with Crippen LogP contribution in [0.4, 0.5) is 0 Å². The van der Waals surface area contributed by atoms with E-state index in [0.717, 1.165) is 16.3 Å². The molecule has 0 amide bonds. The Bertz CT molecular complexity index is 738. The number of hydrogen-bond acceptors (Lipinski definition) is 4. The molecule has 1 heterocycles. The average molecular weight is 297 g/mol. The summed E-state index contributed by atoms with van der Waals surface area (Å²) in [6.45, 7) is 5.76. The van der Waals surface area contributed by atoms with E-state index in [1.54, 1.807) is 0 Å². The molecule has 114 valence electrons. The molecule has 0 bridgehead atoms. The van der Waals surface area contributed by atoms with Gasteiger partial charge in [-0.2, -0.15) is 0 Å². The fourth-order valence-electron chi connectivity index (χ4n) is 2.42. The van der Waals surface area contributed by atoms with Crippen LogP contribution in [0.1, 0.15) is 26.3 Å². The largest absolute Gasteiger partial charge is 0.475 e. The Labute approximate surface area is 129 Å². The lowest BCUT2D eigenvalue weighted by atomic mass is 10.0. The molecule has 22 heavy (non-hydrogen) atoms. The van der Waals surface area contributed by atoms with Gasteiger partial charge in [-0.3, -0.25) is 0 Å². The van der Waals surface area contributed by atoms with E-state index in [0.29, 0.717) is 5.90 Å². The van der Waals surface area contributed by atoms with Gasteiger partial charge in [0, 0.05) is 5.56 Å². The molecule has 1 aliphatic heterocycles. The quantitative estimate of drug-likeness (QED) is 0.799. The number of esters is 1. The molecule has 1 aliphatic rings. The molecule has 0 saturated heterocycles. The monoisotopic (exact) mass is 297 g/mol. The van der Waals surface area contributed by atoms with Crippen molar-refractivity contribution >= 4 is 22.6 Å². The lowest BCUT2D eigenvalue weighted by molar-refractivity contribution is -0.156. The number of carbonyl (C=O) groups excluding carboxylic acids is 1. The zero-order valence-corrected chi connectivity index (χ0v) is 13.0. The maximum atomic E-state index is 12.1. The number of nitrogens with zero attached hydrogens (tertiary/aromatic N) is 1. The van der Waals surface area contributed by atoms with E-state index in [1.165, 1.54) is 0 Å². The maximum absolute atomic E-state index is 12.1. The molecule has 1 atom stereocenters. The molecule has 4 nitrogen and oxygen atoms in total. The summed E-state index contributed by atoms with van der Waals surface area (Å²) in [5, 5.41) is 2.18. The van der Waals surface area contributed by atoms with Gasteiger partial charge in [0.15, 0.2) is 6.04 Å². The molecule has 0 aromatic heterocycles. The topological polar surface area (TPSA) is 47.9 Å². The summed E-state index contributed by atoms with van der Waals surface area (Å²) >= 11 is 0. The zero-order valence-electron chi connectivity index (χ0n) is 13.0. The highest BCUT2D eigenvalue weighted by atomic mass is 16.6. The number of aliphatic imine (C=N–C) groups is 1. The van der Waals surface area contributed by atoms with Gasteiger partial charge in [0.1, 0.15) is 12.2 Å². The van der Waals surface area contributed by atoms with E-state index in [4.69, 9.17) is 9.47 Å². The summed E-state index contributed by atoms with van der Waals surface area (Å²) in [7, 11) is 0. The van der Waals surface area contributed by atoms with E-state index < -0.39 is 11.6 Å². The van der Waals surface area contributed by atoms with Crippen LogP contribution >= 0.6 is 0 Å². The molecule has 3 rings (SSSR count). The van der Waals surface area contributed by atoms with E-state index >= 15 is 0 Å². The van der Waals surface area contributed by atoms with Crippen molar-refractivity contribution in [2.24, 2.45) is 4.99 Å². The smallest absolute Gasteiger partial charge is 0.335 e. The van der Waals surface area contributed by atoms with Crippen LogP contribution in [0.15, 0.2) is 47.5 Å². The van der Waals surface area contributed by atoms with Crippen LogP contribution in [0.3, 0.4) is 0 Å². The first kappa shape index (κ1) is 14.6. The fraction of sp³-hybridized carbons (Fsp3) is 0.333. The molecule has 1 unspecified atom stereocenters. The summed E-state index contributed by atoms with van der Waals surface area (Å²) < 4.78 is 11.0. The van der Waals surface area contributed by atoms with Gasteiger partial charge in [-0.15, -0.1) is 0 Å². The number of ether oxygens (including phenoxy) is 2. The minimum atomic E-state index is -0.590. The molecule has 0 radical (unpaired) electrons. The van der Waals surface area contributed by atoms with Crippen molar-refractivity contribution in [3.63, 3.8) is 0 Å². The first-order chi connectivity index (χ1) is 10.4. The minimum absolute atomic E-state index is 0.230. The van der Waals surface area contributed by atoms with Crippen molar-refractivity contribution in [1.29, 1.82) is 0 Å². The molecular weight excluding hydrogens is 278 g/mol. The Morgan fingerprint density at radius 3 is 2.68 bits per heavy atom. The standard InChI is InChI=1S/C18H19NO3/c1-18(2,3)22-17(20)15-11-21-16(19-15)14-10-6-8-12-7-4-5-9-13(12)14/h4-10,15H,11H2,1-3H3. The predicted octanol–water partition coefficient (Wildman–Crippen LogP) is 3.33. The zero-order chi connectivity index (χ0) is 15.7. The van der Waals surface area contributed by atoms with Crippen molar-refractivity contribution in [3.05, 3.63) is 48.0 Å². The van der Waals surface area contributed by atoms with Crippen LogP contribution in [0, 0.1) is 0 Å². The summed E-state index contributed by atoms with van der Waals surface area (Å²) in [4.78, 5) is 16.5. The highest BCUT2D eigenvalue weighted by molar-refractivity contribution is 6.08. The number of rotatable bonds is 2. The molecule has 0 saturated carbocycles. The fourth-order valence-corrected chi connectivity index (χ4v) is 2.42. The van der Waals surface area contributed by atoms with Crippen molar-refractivity contribution < 1.29 is 14.3 Å². The molecule has 2 aromatic carbocycles. The van der Waals surface area contributed by atoms with Crippen molar-refractivity contribution in [2.45, 2.75) is 32.4 Å². The normalized spacial score (nSPS) is 18.0. The van der Waals surface area contributed by atoms with Crippen LogP contribution in [0.2, 0.25) is 0 Å². The third kappa shape index (κ3) is 2.96. The number of benzene rings is 2. The molecule has 4 heteroatoms. The van der Waals surface area contributed by atoms with Gasteiger partial charge in [0.05, 0.1) is 0 Å².